The van der Waals surface area contributed by atoms with Gasteiger partial charge in [-0.05, 0) is 25.1 Å². The molecule has 1 aromatic carbocycles. The van der Waals surface area contributed by atoms with Gasteiger partial charge >= 0.3 is 0 Å². The normalized spacial score (nSPS) is 11.3. The van der Waals surface area contributed by atoms with Gasteiger partial charge in [0.25, 0.3) is 0 Å². The number of aromatic amines is 1. The highest BCUT2D eigenvalue weighted by molar-refractivity contribution is 6.07. The van der Waals surface area contributed by atoms with E-state index in [-0.39, 0.29) is 5.78 Å². The van der Waals surface area contributed by atoms with Crippen LogP contribution in [0.4, 0.5) is 0 Å². The van der Waals surface area contributed by atoms with Crippen LogP contribution in [0.2, 0.25) is 0 Å². The number of nitrogens with zero attached hydrogens (tertiary/aromatic N) is 2. The van der Waals surface area contributed by atoms with Crippen molar-refractivity contribution >= 4 is 27.7 Å². The monoisotopic (exact) mass is 275 g/mol. The summed E-state index contributed by atoms with van der Waals surface area (Å²) in [5.41, 5.74) is 3.60. The third kappa shape index (κ3) is 1.69. The first-order valence-corrected chi connectivity index (χ1v) is 6.79. The number of ketones is 1. The number of para-hydroxylation sites is 1. The van der Waals surface area contributed by atoms with Crippen LogP contribution in [-0.2, 0) is 0 Å². The maximum Gasteiger partial charge on any atom is 0.161 e. The van der Waals surface area contributed by atoms with Crippen LogP contribution in [0.3, 0.4) is 0 Å². The molecule has 0 spiro atoms. The van der Waals surface area contributed by atoms with E-state index in [0.717, 1.165) is 33.2 Å². The van der Waals surface area contributed by atoms with Gasteiger partial charge in [-0.3, -0.25) is 4.79 Å². The number of H-pyrrole nitrogens is 1. The Morgan fingerprint density at radius 2 is 1.95 bits per heavy atom. The quantitative estimate of drug-likeness (QED) is 0.567. The number of benzene rings is 1. The van der Waals surface area contributed by atoms with Crippen molar-refractivity contribution in [2.45, 2.75) is 6.92 Å². The number of pyridine rings is 1. The Kier molecular flexibility index (Phi) is 2.44. The van der Waals surface area contributed by atoms with E-state index in [1.54, 1.807) is 13.1 Å². The van der Waals surface area contributed by atoms with Gasteiger partial charge in [0.2, 0.25) is 0 Å². The Labute approximate surface area is 121 Å². The van der Waals surface area contributed by atoms with E-state index in [4.69, 9.17) is 0 Å². The van der Waals surface area contributed by atoms with Gasteiger partial charge in [0.15, 0.2) is 5.78 Å². The van der Waals surface area contributed by atoms with Crippen molar-refractivity contribution in [1.29, 1.82) is 0 Å². The summed E-state index contributed by atoms with van der Waals surface area (Å²) in [7, 11) is 0. The number of rotatable bonds is 2. The number of Topliss-reactive ketones (excluding diaryl/α,β-unsaturated/α-hetero) is 1. The van der Waals surface area contributed by atoms with Crippen LogP contribution in [-0.4, -0.2) is 20.3 Å². The molecular formula is C17H13N3O. The summed E-state index contributed by atoms with van der Waals surface area (Å²) in [6, 6.07) is 11.9. The maximum absolute atomic E-state index is 11.9. The molecule has 21 heavy (non-hydrogen) atoms. The summed E-state index contributed by atoms with van der Waals surface area (Å²) in [5.74, 6) is 0.0721. The zero-order valence-electron chi connectivity index (χ0n) is 11.5. The molecule has 4 rings (SSSR count). The Balaban J connectivity index is 2.09. The SMILES string of the molecule is CC(=O)c1cn(-c2c[nH]c3ncccc23)c2ccccc12. The van der Waals surface area contributed by atoms with E-state index >= 15 is 0 Å². The molecule has 3 aromatic heterocycles. The predicted octanol–water partition coefficient (Wildman–Crippen LogP) is 3.71. The third-order valence-electron chi connectivity index (χ3n) is 3.78. The van der Waals surface area contributed by atoms with Crippen LogP contribution in [0.15, 0.2) is 55.0 Å². The minimum Gasteiger partial charge on any atom is -0.344 e. The van der Waals surface area contributed by atoms with E-state index < -0.39 is 0 Å². The minimum absolute atomic E-state index is 0.0721. The number of carbonyl (C=O) groups is 1. The molecule has 0 bridgehead atoms. The highest BCUT2D eigenvalue weighted by Crippen LogP contribution is 2.28. The number of nitrogens with one attached hydrogen (secondary N) is 1. The maximum atomic E-state index is 11.9. The molecule has 1 N–H and O–H groups in total. The van der Waals surface area contributed by atoms with Gasteiger partial charge in [-0.1, -0.05) is 18.2 Å². The standard InChI is InChI=1S/C17H13N3O/c1-11(21)14-10-20(15-7-3-2-5-12(14)15)16-9-19-17-13(16)6-4-8-18-17/h2-10H,1H3,(H,18,19). The molecule has 0 aliphatic carbocycles. The average Bonchev–Trinajstić information content (AvgIpc) is 3.08. The Hall–Kier alpha value is -2.88. The summed E-state index contributed by atoms with van der Waals surface area (Å²) < 4.78 is 2.05. The van der Waals surface area contributed by atoms with Crippen molar-refractivity contribution in [1.82, 2.24) is 14.5 Å². The smallest absolute Gasteiger partial charge is 0.161 e. The predicted molar refractivity (Wildman–Crippen MR) is 82.9 cm³/mol. The highest BCUT2D eigenvalue weighted by Gasteiger charge is 2.14. The molecule has 0 saturated carbocycles. The first-order valence-electron chi connectivity index (χ1n) is 6.79. The highest BCUT2D eigenvalue weighted by atomic mass is 16.1. The molecule has 0 saturated heterocycles. The van der Waals surface area contributed by atoms with E-state index in [1.165, 1.54) is 0 Å². The van der Waals surface area contributed by atoms with Crippen LogP contribution in [0.5, 0.6) is 0 Å². The molecule has 0 unspecified atom stereocenters. The number of hydrogen-bond donors (Lipinski definition) is 1. The van der Waals surface area contributed by atoms with Gasteiger partial charge in [-0.2, -0.15) is 0 Å². The first-order chi connectivity index (χ1) is 10.3. The number of fused-ring (bicyclic) bond motifs is 2. The first kappa shape index (κ1) is 11.9. The van der Waals surface area contributed by atoms with Crippen LogP contribution in [0, 0.1) is 0 Å². The lowest BCUT2D eigenvalue weighted by molar-refractivity contribution is 0.101. The van der Waals surface area contributed by atoms with Gasteiger partial charge < -0.3 is 9.55 Å². The molecule has 3 heterocycles. The topological polar surface area (TPSA) is 50.7 Å². The number of aromatic nitrogens is 3. The van der Waals surface area contributed by atoms with Gasteiger partial charge in [-0.25, -0.2) is 4.98 Å². The second-order valence-electron chi connectivity index (χ2n) is 5.06. The molecule has 102 valence electrons. The summed E-state index contributed by atoms with van der Waals surface area (Å²) in [4.78, 5) is 19.4. The largest absolute Gasteiger partial charge is 0.344 e. The van der Waals surface area contributed by atoms with Crippen molar-refractivity contribution in [3.05, 3.63) is 60.6 Å². The van der Waals surface area contributed by atoms with E-state index in [2.05, 4.69) is 9.97 Å². The zero-order chi connectivity index (χ0) is 14.4. The second kappa shape index (κ2) is 4.31. The van der Waals surface area contributed by atoms with E-state index in [1.807, 2.05) is 53.4 Å². The lowest BCUT2D eigenvalue weighted by Gasteiger charge is -2.02. The molecule has 0 fully saturated rings. The van der Waals surface area contributed by atoms with Crippen LogP contribution < -0.4 is 0 Å². The molecule has 4 nitrogen and oxygen atoms in total. The lowest BCUT2D eigenvalue weighted by Crippen LogP contribution is -1.91. The molecule has 0 atom stereocenters. The second-order valence-corrected chi connectivity index (χ2v) is 5.06. The van der Waals surface area contributed by atoms with Gasteiger partial charge in [0, 0.05) is 34.9 Å². The molecule has 0 radical (unpaired) electrons. The fraction of sp³-hybridized carbons (Fsp3) is 0.0588. The van der Waals surface area contributed by atoms with Crippen molar-refractivity contribution in [2.24, 2.45) is 0 Å². The molecule has 0 amide bonds. The summed E-state index contributed by atoms with van der Waals surface area (Å²) >= 11 is 0. The van der Waals surface area contributed by atoms with Crippen molar-refractivity contribution < 1.29 is 4.79 Å². The minimum atomic E-state index is 0.0721. The van der Waals surface area contributed by atoms with Crippen LogP contribution in [0.25, 0.3) is 27.6 Å². The molecule has 4 heteroatoms. The lowest BCUT2D eigenvalue weighted by atomic mass is 10.1. The Morgan fingerprint density at radius 3 is 2.81 bits per heavy atom. The summed E-state index contributed by atoms with van der Waals surface area (Å²) in [6.45, 7) is 1.60. The van der Waals surface area contributed by atoms with Crippen LogP contribution >= 0.6 is 0 Å². The summed E-state index contributed by atoms with van der Waals surface area (Å²) in [6.07, 6.45) is 5.59. The fourth-order valence-corrected chi connectivity index (χ4v) is 2.80. The van der Waals surface area contributed by atoms with Crippen LogP contribution in [0.1, 0.15) is 17.3 Å². The summed E-state index contributed by atoms with van der Waals surface area (Å²) in [5, 5.41) is 2.01. The molecule has 4 aromatic rings. The number of hydrogen-bond acceptors (Lipinski definition) is 2. The average molecular weight is 275 g/mol. The third-order valence-corrected chi connectivity index (χ3v) is 3.78. The zero-order valence-corrected chi connectivity index (χ0v) is 11.5. The Bertz CT molecular complexity index is 978. The van der Waals surface area contributed by atoms with E-state index in [9.17, 15) is 4.79 Å². The van der Waals surface area contributed by atoms with Crippen molar-refractivity contribution in [2.75, 3.05) is 0 Å². The molecule has 0 aliphatic heterocycles. The Morgan fingerprint density at radius 1 is 1.14 bits per heavy atom. The van der Waals surface area contributed by atoms with Gasteiger partial charge in [0.05, 0.1) is 11.2 Å². The van der Waals surface area contributed by atoms with Gasteiger partial charge in [0.1, 0.15) is 5.65 Å². The molecular weight excluding hydrogens is 262 g/mol. The van der Waals surface area contributed by atoms with Gasteiger partial charge in [-0.15, -0.1) is 0 Å². The fourth-order valence-electron chi connectivity index (χ4n) is 2.80. The number of carbonyl (C=O) groups excluding carboxylic acids is 1. The van der Waals surface area contributed by atoms with E-state index in [0.29, 0.717) is 0 Å². The van der Waals surface area contributed by atoms with Crippen molar-refractivity contribution in [3.8, 4) is 5.69 Å². The van der Waals surface area contributed by atoms with Crippen molar-refractivity contribution in [3.63, 3.8) is 0 Å². The molecule has 0 aliphatic rings.